The van der Waals surface area contributed by atoms with Crippen LogP contribution in [0.15, 0.2) is 9.27 Å². The van der Waals surface area contributed by atoms with Crippen LogP contribution >= 0.6 is 15.9 Å². The standard InChI is InChI=1S/C16H25BrN2O/c1-5-12-13(17)15(20)19-14(18-12)10-6-8-11(9-7-10)16(2,3)4/h10-11H,5-9H2,1-4H3,(H,18,19,20). The van der Waals surface area contributed by atoms with E-state index in [1.165, 1.54) is 12.8 Å². The van der Waals surface area contributed by atoms with E-state index in [-0.39, 0.29) is 5.56 Å². The first kappa shape index (κ1) is 15.7. The highest BCUT2D eigenvalue weighted by molar-refractivity contribution is 9.10. The summed E-state index contributed by atoms with van der Waals surface area (Å²) in [5, 5.41) is 0. The predicted molar refractivity (Wildman–Crippen MR) is 86.1 cm³/mol. The minimum Gasteiger partial charge on any atom is -0.309 e. The molecule has 1 aromatic rings. The van der Waals surface area contributed by atoms with Crippen LogP contribution in [0.4, 0.5) is 0 Å². The summed E-state index contributed by atoms with van der Waals surface area (Å²) in [6, 6.07) is 0. The summed E-state index contributed by atoms with van der Waals surface area (Å²) in [7, 11) is 0. The third-order valence-electron chi connectivity index (χ3n) is 4.62. The number of H-pyrrole nitrogens is 1. The molecule has 1 aliphatic carbocycles. The van der Waals surface area contributed by atoms with Crippen molar-refractivity contribution >= 4 is 15.9 Å². The van der Waals surface area contributed by atoms with E-state index >= 15 is 0 Å². The second-order valence-corrected chi connectivity index (χ2v) is 7.77. The average molecular weight is 341 g/mol. The van der Waals surface area contributed by atoms with Crippen LogP contribution in [0.5, 0.6) is 0 Å². The largest absolute Gasteiger partial charge is 0.309 e. The number of hydrogen-bond acceptors (Lipinski definition) is 2. The van der Waals surface area contributed by atoms with Crippen molar-refractivity contribution in [1.82, 2.24) is 9.97 Å². The second-order valence-electron chi connectivity index (χ2n) is 6.98. The molecule has 4 heteroatoms. The van der Waals surface area contributed by atoms with E-state index in [1.54, 1.807) is 0 Å². The third-order valence-corrected chi connectivity index (χ3v) is 5.44. The molecule has 112 valence electrons. The molecule has 0 spiro atoms. The molecule has 3 nitrogen and oxygen atoms in total. The SMILES string of the molecule is CCc1nc(C2CCC(C(C)(C)C)CC2)[nH]c(=O)c1Br. The van der Waals surface area contributed by atoms with Crippen molar-refractivity contribution in [2.75, 3.05) is 0 Å². The number of hydrogen-bond donors (Lipinski definition) is 1. The first-order chi connectivity index (χ1) is 9.32. The number of halogens is 1. The molecule has 1 aromatic heterocycles. The Hall–Kier alpha value is -0.640. The number of aromatic amines is 1. The summed E-state index contributed by atoms with van der Waals surface area (Å²) in [5.74, 6) is 2.09. The minimum atomic E-state index is -0.0372. The van der Waals surface area contributed by atoms with E-state index in [2.05, 4.69) is 46.7 Å². The van der Waals surface area contributed by atoms with E-state index in [4.69, 9.17) is 0 Å². The molecule has 2 rings (SSSR count). The highest BCUT2D eigenvalue weighted by atomic mass is 79.9. The molecule has 0 aliphatic heterocycles. The van der Waals surface area contributed by atoms with Crippen LogP contribution in [0.1, 0.15) is 70.8 Å². The van der Waals surface area contributed by atoms with Gasteiger partial charge in [0, 0.05) is 5.92 Å². The first-order valence-electron chi connectivity index (χ1n) is 7.61. The van der Waals surface area contributed by atoms with Gasteiger partial charge in [0.15, 0.2) is 0 Å². The molecule has 0 aromatic carbocycles. The molecule has 0 atom stereocenters. The van der Waals surface area contributed by atoms with Gasteiger partial charge in [0.25, 0.3) is 5.56 Å². The quantitative estimate of drug-likeness (QED) is 0.866. The molecule has 0 amide bonds. The zero-order chi connectivity index (χ0) is 14.9. The van der Waals surface area contributed by atoms with Gasteiger partial charge in [-0.25, -0.2) is 4.98 Å². The van der Waals surface area contributed by atoms with Gasteiger partial charge in [-0.2, -0.15) is 0 Å². The number of nitrogens with one attached hydrogen (secondary N) is 1. The molecule has 1 N–H and O–H groups in total. The van der Waals surface area contributed by atoms with Crippen molar-refractivity contribution in [3.63, 3.8) is 0 Å². The minimum absolute atomic E-state index is 0.0372. The fourth-order valence-electron chi connectivity index (χ4n) is 3.19. The maximum atomic E-state index is 11.9. The molecule has 1 aliphatic rings. The van der Waals surface area contributed by atoms with E-state index < -0.39 is 0 Å². The average Bonchev–Trinajstić information content (AvgIpc) is 2.41. The molecular weight excluding hydrogens is 316 g/mol. The van der Waals surface area contributed by atoms with Crippen molar-refractivity contribution in [3.8, 4) is 0 Å². The summed E-state index contributed by atoms with van der Waals surface area (Å²) >= 11 is 3.33. The second kappa shape index (κ2) is 6.00. The van der Waals surface area contributed by atoms with Crippen molar-refractivity contribution in [3.05, 3.63) is 26.3 Å². The maximum Gasteiger partial charge on any atom is 0.265 e. The van der Waals surface area contributed by atoms with Crippen LogP contribution < -0.4 is 5.56 Å². The fourth-order valence-corrected chi connectivity index (χ4v) is 3.65. The Balaban J connectivity index is 2.15. The Labute approximate surface area is 129 Å². The van der Waals surface area contributed by atoms with Crippen molar-refractivity contribution in [2.45, 2.75) is 65.7 Å². The van der Waals surface area contributed by atoms with Crippen LogP contribution in [0.25, 0.3) is 0 Å². The van der Waals surface area contributed by atoms with Gasteiger partial charge in [-0.1, -0.05) is 27.7 Å². The first-order valence-corrected chi connectivity index (χ1v) is 8.40. The maximum absolute atomic E-state index is 11.9. The van der Waals surface area contributed by atoms with E-state index in [1.807, 2.05) is 6.92 Å². The molecular formula is C16H25BrN2O. The summed E-state index contributed by atoms with van der Waals surface area (Å²) in [6.45, 7) is 9.01. The van der Waals surface area contributed by atoms with Gasteiger partial charge < -0.3 is 4.98 Å². The van der Waals surface area contributed by atoms with E-state index in [9.17, 15) is 4.79 Å². The monoisotopic (exact) mass is 340 g/mol. The Kier molecular flexibility index (Phi) is 4.73. The lowest BCUT2D eigenvalue weighted by Gasteiger charge is -2.36. The summed E-state index contributed by atoms with van der Waals surface area (Å²) in [5.41, 5.74) is 1.23. The molecule has 1 saturated carbocycles. The van der Waals surface area contributed by atoms with Crippen molar-refractivity contribution in [2.24, 2.45) is 11.3 Å². The Morgan fingerprint density at radius 2 is 1.85 bits per heavy atom. The predicted octanol–water partition coefficient (Wildman–Crippen LogP) is 4.41. The Morgan fingerprint density at radius 1 is 1.25 bits per heavy atom. The Morgan fingerprint density at radius 3 is 2.35 bits per heavy atom. The lowest BCUT2D eigenvalue weighted by molar-refractivity contribution is 0.167. The van der Waals surface area contributed by atoms with Gasteiger partial charge in [0.2, 0.25) is 0 Å². The zero-order valence-corrected chi connectivity index (χ0v) is 14.5. The third kappa shape index (κ3) is 3.33. The zero-order valence-electron chi connectivity index (χ0n) is 12.9. The van der Waals surface area contributed by atoms with Gasteiger partial charge in [-0.3, -0.25) is 4.79 Å². The van der Waals surface area contributed by atoms with Crippen LogP contribution in [-0.4, -0.2) is 9.97 Å². The number of nitrogens with zero attached hydrogens (tertiary/aromatic N) is 1. The van der Waals surface area contributed by atoms with E-state index in [0.29, 0.717) is 15.8 Å². The molecule has 0 bridgehead atoms. The number of rotatable bonds is 2. The highest BCUT2D eigenvalue weighted by Crippen LogP contribution is 2.42. The molecule has 0 saturated heterocycles. The van der Waals surface area contributed by atoms with Gasteiger partial charge in [-0.05, 0) is 59.4 Å². The molecule has 0 unspecified atom stereocenters. The van der Waals surface area contributed by atoms with Crippen LogP contribution in [0.2, 0.25) is 0 Å². The van der Waals surface area contributed by atoms with Crippen molar-refractivity contribution in [1.29, 1.82) is 0 Å². The van der Waals surface area contributed by atoms with Crippen LogP contribution in [-0.2, 0) is 6.42 Å². The topological polar surface area (TPSA) is 45.8 Å². The van der Waals surface area contributed by atoms with E-state index in [0.717, 1.165) is 36.7 Å². The fraction of sp³-hybridized carbons (Fsp3) is 0.750. The lowest BCUT2D eigenvalue weighted by Crippen LogP contribution is -2.27. The molecule has 1 heterocycles. The van der Waals surface area contributed by atoms with Gasteiger partial charge >= 0.3 is 0 Å². The normalized spacial score (nSPS) is 23.9. The molecule has 0 radical (unpaired) electrons. The summed E-state index contributed by atoms with van der Waals surface area (Å²) in [4.78, 5) is 19.6. The number of aryl methyl sites for hydroxylation is 1. The number of aromatic nitrogens is 2. The molecule has 1 fully saturated rings. The summed E-state index contributed by atoms with van der Waals surface area (Å²) < 4.78 is 0.590. The van der Waals surface area contributed by atoms with Gasteiger partial charge in [-0.15, -0.1) is 0 Å². The van der Waals surface area contributed by atoms with Gasteiger partial charge in [0.05, 0.1) is 5.69 Å². The van der Waals surface area contributed by atoms with Crippen LogP contribution in [0.3, 0.4) is 0 Å². The smallest absolute Gasteiger partial charge is 0.265 e. The highest BCUT2D eigenvalue weighted by Gasteiger charge is 2.31. The summed E-state index contributed by atoms with van der Waals surface area (Å²) in [6.07, 6.45) is 5.52. The molecule has 20 heavy (non-hydrogen) atoms. The van der Waals surface area contributed by atoms with Gasteiger partial charge in [0.1, 0.15) is 10.3 Å². The lowest BCUT2D eigenvalue weighted by atomic mass is 9.69. The Bertz CT molecular complexity index is 522. The van der Waals surface area contributed by atoms with Crippen LogP contribution in [0, 0.1) is 11.3 Å². The van der Waals surface area contributed by atoms with Crippen molar-refractivity contribution < 1.29 is 0 Å².